The van der Waals surface area contributed by atoms with E-state index in [4.69, 9.17) is 0 Å². The zero-order valence-electron chi connectivity index (χ0n) is 7.72. The van der Waals surface area contributed by atoms with Gasteiger partial charge in [-0.25, -0.2) is 0 Å². The number of hydrogen-bond acceptors (Lipinski definition) is 1. The molecule has 0 amide bonds. The van der Waals surface area contributed by atoms with Crippen LogP contribution in [-0.4, -0.2) is 10.8 Å². The standard InChI is InChI=1S/C11H11NO/c1-7-5-10-6-9(8(2)13)3-4-11(10)12-7/h3-6,12H,1-2H3. The second-order valence-electron chi connectivity index (χ2n) is 3.31. The Labute approximate surface area is 76.6 Å². The number of benzene rings is 1. The van der Waals surface area contributed by atoms with Gasteiger partial charge in [0.25, 0.3) is 0 Å². The van der Waals surface area contributed by atoms with Crippen LogP contribution in [0.2, 0.25) is 0 Å². The lowest BCUT2D eigenvalue weighted by molar-refractivity contribution is 0.101. The molecule has 2 aromatic rings. The molecule has 0 atom stereocenters. The summed E-state index contributed by atoms with van der Waals surface area (Å²) in [7, 11) is 0. The Bertz CT molecular complexity index is 468. The first-order valence-electron chi connectivity index (χ1n) is 4.27. The lowest BCUT2D eigenvalue weighted by Crippen LogP contribution is -1.89. The van der Waals surface area contributed by atoms with Crippen LogP contribution in [0.3, 0.4) is 0 Å². The number of aromatic amines is 1. The predicted octanol–water partition coefficient (Wildman–Crippen LogP) is 2.68. The molecule has 0 saturated heterocycles. The average Bonchev–Trinajstić information content (AvgIpc) is 2.42. The van der Waals surface area contributed by atoms with Gasteiger partial charge >= 0.3 is 0 Å². The van der Waals surface area contributed by atoms with Gasteiger partial charge in [0.15, 0.2) is 5.78 Å². The van der Waals surface area contributed by atoms with E-state index < -0.39 is 0 Å². The lowest BCUT2D eigenvalue weighted by atomic mass is 10.1. The van der Waals surface area contributed by atoms with Gasteiger partial charge in [-0.1, -0.05) is 0 Å². The van der Waals surface area contributed by atoms with Crippen LogP contribution in [-0.2, 0) is 0 Å². The molecule has 2 heteroatoms. The molecule has 1 aromatic carbocycles. The number of aryl methyl sites for hydroxylation is 1. The van der Waals surface area contributed by atoms with E-state index in [1.165, 1.54) is 0 Å². The number of carbonyl (C=O) groups is 1. The molecule has 0 radical (unpaired) electrons. The molecular weight excluding hydrogens is 162 g/mol. The molecule has 0 aliphatic carbocycles. The molecule has 66 valence electrons. The van der Waals surface area contributed by atoms with Crippen molar-refractivity contribution in [2.24, 2.45) is 0 Å². The van der Waals surface area contributed by atoms with Crippen LogP contribution < -0.4 is 0 Å². The Morgan fingerprint density at radius 1 is 1.31 bits per heavy atom. The average molecular weight is 173 g/mol. The SMILES string of the molecule is CC(=O)c1ccc2[nH]c(C)cc2c1. The van der Waals surface area contributed by atoms with E-state index >= 15 is 0 Å². The fourth-order valence-electron chi connectivity index (χ4n) is 1.50. The Morgan fingerprint density at radius 2 is 2.08 bits per heavy atom. The molecule has 0 aliphatic heterocycles. The molecule has 1 heterocycles. The number of carbonyl (C=O) groups excluding carboxylic acids is 1. The van der Waals surface area contributed by atoms with Crippen LogP contribution in [0.5, 0.6) is 0 Å². The van der Waals surface area contributed by atoms with Crippen LogP contribution in [0.25, 0.3) is 10.9 Å². The summed E-state index contributed by atoms with van der Waals surface area (Å²) < 4.78 is 0. The van der Waals surface area contributed by atoms with Crippen molar-refractivity contribution in [3.63, 3.8) is 0 Å². The van der Waals surface area contributed by atoms with Crippen molar-refractivity contribution in [3.8, 4) is 0 Å². The van der Waals surface area contributed by atoms with E-state index in [9.17, 15) is 4.79 Å². The van der Waals surface area contributed by atoms with Gasteiger partial charge < -0.3 is 4.98 Å². The van der Waals surface area contributed by atoms with Crippen molar-refractivity contribution >= 4 is 16.7 Å². The molecule has 2 rings (SSSR count). The van der Waals surface area contributed by atoms with E-state index in [2.05, 4.69) is 4.98 Å². The van der Waals surface area contributed by atoms with Gasteiger partial charge in [-0.3, -0.25) is 4.79 Å². The van der Waals surface area contributed by atoms with Crippen LogP contribution in [0.4, 0.5) is 0 Å². The highest BCUT2D eigenvalue weighted by Crippen LogP contribution is 2.16. The smallest absolute Gasteiger partial charge is 0.159 e. The fourth-order valence-corrected chi connectivity index (χ4v) is 1.50. The van der Waals surface area contributed by atoms with E-state index in [1.54, 1.807) is 6.92 Å². The fraction of sp³-hybridized carbons (Fsp3) is 0.182. The quantitative estimate of drug-likeness (QED) is 0.661. The van der Waals surface area contributed by atoms with Gasteiger partial charge in [-0.05, 0) is 38.1 Å². The summed E-state index contributed by atoms with van der Waals surface area (Å²) in [6.07, 6.45) is 0. The highest BCUT2D eigenvalue weighted by molar-refractivity contribution is 5.98. The molecule has 0 saturated carbocycles. The second-order valence-corrected chi connectivity index (χ2v) is 3.31. The molecule has 0 fully saturated rings. The van der Waals surface area contributed by atoms with E-state index in [0.717, 1.165) is 22.2 Å². The lowest BCUT2D eigenvalue weighted by Gasteiger charge is -1.94. The molecule has 1 aromatic heterocycles. The van der Waals surface area contributed by atoms with Gasteiger partial charge in [0.2, 0.25) is 0 Å². The summed E-state index contributed by atoms with van der Waals surface area (Å²) in [6.45, 7) is 3.59. The minimum atomic E-state index is 0.112. The molecule has 0 aliphatic rings. The van der Waals surface area contributed by atoms with Gasteiger partial charge in [0.1, 0.15) is 0 Å². The molecule has 13 heavy (non-hydrogen) atoms. The first-order chi connectivity index (χ1) is 6.16. The first-order valence-corrected chi connectivity index (χ1v) is 4.27. The maximum Gasteiger partial charge on any atom is 0.159 e. The van der Waals surface area contributed by atoms with Crippen molar-refractivity contribution in [3.05, 3.63) is 35.5 Å². The highest BCUT2D eigenvalue weighted by Gasteiger charge is 2.01. The van der Waals surface area contributed by atoms with Gasteiger partial charge in [0, 0.05) is 22.2 Å². The summed E-state index contributed by atoms with van der Waals surface area (Å²) >= 11 is 0. The van der Waals surface area contributed by atoms with Crippen molar-refractivity contribution in [2.45, 2.75) is 13.8 Å². The van der Waals surface area contributed by atoms with Crippen LogP contribution in [0.15, 0.2) is 24.3 Å². The number of fused-ring (bicyclic) bond motifs is 1. The molecule has 0 spiro atoms. The number of hydrogen-bond donors (Lipinski definition) is 1. The topological polar surface area (TPSA) is 32.9 Å². The number of Topliss-reactive ketones (excluding diaryl/α,β-unsaturated/α-hetero) is 1. The first kappa shape index (κ1) is 8.05. The summed E-state index contributed by atoms with van der Waals surface area (Å²) in [4.78, 5) is 14.3. The zero-order chi connectivity index (χ0) is 9.42. The molecule has 0 unspecified atom stereocenters. The summed E-state index contributed by atoms with van der Waals surface area (Å²) in [5, 5.41) is 1.10. The number of H-pyrrole nitrogens is 1. The van der Waals surface area contributed by atoms with Gasteiger partial charge in [-0.15, -0.1) is 0 Å². The van der Waals surface area contributed by atoms with Gasteiger partial charge in [0.05, 0.1) is 0 Å². The third-order valence-corrected chi connectivity index (χ3v) is 2.16. The predicted molar refractivity (Wildman–Crippen MR) is 53.0 cm³/mol. The monoisotopic (exact) mass is 173 g/mol. The number of nitrogens with one attached hydrogen (secondary N) is 1. The Balaban J connectivity index is 2.67. The Morgan fingerprint density at radius 3 is 2.77 bits per heavy atom. The van der Waals surface area contributed by atoms with Gasteiger partial charge in [-0.2, -0.15) is 0 Å². The third kappa shape index (κ3) is 1.35. The zero-order valence-corrected chi connectivity index (χ0v) is 7.72. The normalized spacial score (nSPS) is 10.6. The maximum atomic E-state index is 11.1. The number of rotatable bonds is 1. The largest absolute Gasteiger partial charge is 0.359 e. The molecule has 1 N–H and O–H groups in total. The van der Waals surface area contributed by atoms with E-state index in [0.29, 0.717) is 0 Å². The molecule has 0 bridgehead atoms. The highest BCUT2D eigenvalue weighted by atomic mass is 16.1. The van der Waals surface area contributed by atoms with E-state index in [-0.39, 0.29) is 5.78 Å². The van der Waals surface area contributed by atoms with Crippen molar-refractivity contribution < 1.29 is 4.79 Å². The second kappa shape index (κ2) is 2.73. The Kier molecular flexibility index (Phi) is 1.69. The Hall–Kier alpha value is -1.57. The molecular formula is C11H11NO. The van der Waals surface area contributed by atoms with Crippen molar-refractivity contribution in [1.29, 1.82) is 0 Å². The van der Waals surface area contributed by atoms with Crippen LogP contribution >= 0.6 is 0 Å². The third-order valence-electron chi connectivity index (χ3n) is 2.16. The molecule has 2 nitrogen and oxygen atoms in total. The number of ketones is 1. The minimum absolute atomic E-state index is 0.112. The van der Waals surface area contributed by atoms with E-state index in [1.807, 2.05) is 31.2 Å². The minimum Gasteiger partial charge on any atom is -0.359 e. The summed E-state index contributed by atoms with van der Waals surface area (Å²) in [6, 6.07) is 7.75. The van der Waals surface area contributed by atoms with Crippen molar-refractivity contribution in [2.75, 3.05) is 0 Å². The van der Waals surface area contributed by atoms with Crippen LogP contribution in [0, 0.1) is 6.92 Å². The van der Waals surface area contributed by atoms with Crippen LogP contribution in [0.1, 0.15) is 23.0 Å². The summed E-state index contributed by atoms with van der Waals surface area (Å²) in [5.41, 5.74) is 2.98. The van der Waals surface area contributed by atoms with Crippen molar-refractivity contribution in [1.82, 2.24) is 4.98 Å². The summed E-state index contributed by atoms with van der Waals surface area (Å²) in [5.74, 6) is 0.112. The number of aromatic nitrogens is 1. The maximum absolute atomic E-state index is 11.1.